The van der Waals surface area contributed by atoms with Gasteiger partial charge in [0.1, 0.15) is 0 Å². The summed E-state index contributed by atoms with van der Waals surface area (Å²) in [4.78, 5) is 26.8. The van der Waals surface area contributed by atoms with Crippen LogP contribution in [0.1, 0.15) is 33.5 Å². The topological polar surface area (TPSA) is 51.5 Å². The smallest absolute Gasteiger partial charge is 0.340 e. The molecular formula is C17H22N2O3S. The summed E-state index contributed by atoms with van der Waals surface area (Å²) in [6.07, 6.45) is -0.794. The van der Waals surface area contributed by atoms with Crippen LogP contribution in [0.4, 0.5) is 0 Å². The van der Waals surface area contributed by atoms with Crippen molar-refractivity contribution >= 4 is 23.2 Å². The summed E-state index contributed by atoms with van der Waals surface area (Å²) in [6, 6.07) is 5.90. The minimum absolute atomic E-state index is 0.231. The predicted molar refractivity (Wildman–Crippen MR) is 90.9 cm³/mol. The third-order valence-corrected chi connectivity index (χ3v) is 4.62. The molecule has 124 valence electrons. The summed E-state index contributed by atoms with van der Waals surface area (Å²) >= 11 is 1.68. The van der Waals surface area contributed by atoms with Gasteiger partial charge in [-0.2, -0.15) is 0 Å². The summed E-state index contributed by atoms with van der Waals surface area (Å²) in [5.74, 6) is -0.691. The molecule has 2 aromatic heterocycles. The second-order valence-corrected chi connectivity index (χ2v) is 6.76. The zero-order valence-electron chi connectivity index (χ0n) is 14.1. The summed E-state index contributed by atoms with van der Waals surface area (Å²) in [5, 5.41) is 2.03. The van der Waals surface area contributed by atoms with Crippen molar-refractivity contribution in [2.75, 3.05) is 14.1 Å². The van der Waals surface area contributed by atoms with Crippen LogP contribution in [0.2, 0.25) is 0 Å². The van der Waals surface area contributed by atoms with Crippen LogP contribution in [0.3, 0.4) is 0 Å². The second-order valence-electron chi connectivity index (χ2n) is 5.73. The maximum atomic E-state index is 12.4. The van der Waals surface area contributed by atoms with E-state index in [9.17, 15) is 9.59 Å². The summed E-state index contributed by atoms with van der Waals surface area (Å²) in [5.41, 5.74) is 2.36. The molecule has 6 heteroatoms. The highest BCUT2D eigenvalue weighted by Gasteiger charge is 2.23. The summed E-state index contributed by atoms with van der Waals surface area (Å²) in [6.45, 7) is 6.18. The molecular weight excluding hydrogens is 312 g/mol. The zero-order chi connectivity index (χ0) is 17.1. The van der Waals surface area contributed by atoms with Crippen molar-refractivity contribution in [3.8, 4) is 0 Å². The van der Waals surface area contributed by atoms with Gasteiger partial charge in [0, 0.05) is 30.4 Å². The van der Waals surface area contributed by atoms with Crippen molar-refractivity contribution in [3.05, 3.63) is 45.4 Å². The molecule has 2 heterocycles. The molecule has 1 amide bonds. The number of hydrogen-bond donors (Lipinski definition) is 0. The van der Waals surface area contributed by atoms with Gasteiger partial charge in [0.15, 0.2) is 6.10 Å². The average Bonchev–Trinajstić information content (AvgIpc) is 3.09. The average molecular weight is 334 g/mol. The maximum Gasteiger partial charge on any atom is 0.340 e. The van der Waals surface area contributed by atoms with E-state index in [0.29, 0.717) is 5.56 Å². The summed E-state index contributed by atoms with van der Waals surface area (Å²) < 4.78 is 7.39. The highest BCUT2D eigenvalue weighted by Crippen LogP contribution is 2.20. The number of hydrogen-bond acceptors (Lipinski definition) is 4. The van der Waals surface area contributed by atoms with Crippen molar-refractivity contribution < 1.29 is 14.3 Å². The molecule has 1 atom stereocenters. The molecule has 0 saturated heterocycles. The Hall–Kier alpha value is -2.08. The number of thiophene rings is 1. The quantitative estimate of drug-likeness (QED) is 0.790. The Kier molecular flexibility index (Phi) is 5.26. The normalized spacial score (nSPS) is 12.0. The number of ether oxygens (including phenoxy) is 1. The summed E-state index contributed by atoms with van der Waals surface area (Å²) in [7, 11) is 3.28. The third-order valence-electron chi connectivity index (χ3n) is 3.76. The van der Waals surface area contributed by atoms with Crippen LogP contribution in [0, 0.1) is 13.8 Å². The van der Waals surface area contributed by atoms with Crippen LogP contribution < -0.4 is 0 Å². The Morgan fingerprint density at radius 1 is 1.35 bits per heavy atom. The minimum atomic E-state index is -0.794. The first-order valence-electron chi connectivity index (χ1n) is 7.42. The Bertz CT molecular complexity index is 702. The number of amides is 1. The van der Waals surface area contributed by atoms with E-state index in [4.69, 9.17) is 4.74 Å². The fourth-order valence-corrected chi connectivity index (χ4v) is 3.14. The number of nitrogens with zero attached hydrogens (tertiary/aromatic N) is 2. The van der Waals surface area contributed by atoms with Gasteiger partial charge in [0.25, 0.3) is 5.91 Å². The van der Waals surface area contributed by atoms with E-state index in [-0.39, 0.29) is 5.91 Å². The number of likely N-dealkylation sites (N-methyl/N-ethyl adjacent to an activating group) is 1. The van der Waals surface area contributed by atoms with E-state index in [2.05, 4.69) is 10.6 Å². The number of rotatable bonds is 5. The standard InChI is InChI=1S/C17H22N2O3S/c1-11-9-15(17(21)22-13(3)16(20)18(4)5)12(2)19(11)10-14-7-6-8-23-14/h6-9,13H,10H2,1-5H3/t13-/m0/s1. The van der Waals surface area contributed by atoms with E-state index < -0.39 is 12.1 Å². The van der Waals surface area contributed by atoms with Gasteiger partial charge in [-0.05, 0) is 38.3 Å². The van der Waals surface area contributed by atoms with E-state index in [1.54, 1.807) is 32.4 Å². The Balaban J connectivity index is 2.17. The SMILES string of the molecule is Cc1cc(C(=O)O[C@@H](C)C(=O)N(C)C)c(C)n1Cc1cccs1. The number of aromatic nitrogens is 1. The number of aryl methyl sites for hydroxylation is 1. The molecule has 0 aliphatic rings. The van der Waals surface area contributed by atoms with Crippen LogP contribution in [0.25, 0.3) is 0 Å². The van der Waals surface area contributed by atoms with E-state index in [0.717, 1.165) is 17.9 Å². The molecule has 2 aromatic rings. The number of carbonyl (C=O) groups is 2. The molecule has 0 bridgehead atoms. The first-order chi connectivity index (χ1) is 10.8. The van der Waals surface area contributed by atoms with E-state index in [1.807, 2.05) is 31.4 Å². The van der Waals surface area contributed by atoms with Gasteiger partial charge in [-0.1, -0.05) is 6.07 Å². The van der Waals surface area contributed by atoms with Crippen LogP contribution >= 0.6 is 11.3 Å². The van der Waals surface area contributed by atoms with Crippen molar-refractivity contribution in [2.24, 2.45) is 0 Å². The Morgan fingerprint density at radius 3 is 2.61 bits per heavy atom. The first kappa shape index (κ1) is 17.3. The van der Waals surface area contributed by atoms with Crippen LogP contribution in [-0.4, -0.2) is 41.5 Å². The highest BCUT2D eigenvalue weighted by molar-refractivity contribution is 7.09. The van der Waals surface area contributed by atoms with Crippen LogP contribution in [0.15, 0.2) is 23.6 Å². The fraction of sp³-hybridized carbons (Fsp3) is 0.412. The van der Waals surface area contributed by atoms with Gasteiger partial charge in [-0.25, -0.2) is 4.79 Å². The van der Waals surface area contributed by atoms with Crippen molar-refractivity contribution in [2.45, 2.75) is 33.4 Å². The number of carbonyl (C=O) groups excluding carboxylic acids is 2. The Labute approximate surface area is 140 Å². The molecule has 0 N–H and O–H groups in total. The molecule has 23 heavy (non-hydrogen) atoms. The second kappa shape index (κ2) is 7.00. The fourth-order valence-electron chi connectivity index (χ4n) is 2.45. The zero-order valence-corrected chi connectivity index (χ0v) is 14.9. The molecule has 0 aliphatic heterocycles. The third kappa shape index (κ3) is 3.82. The lowest BCUT2D eigenvalue weighted by Gasteiger charge is -2.17. The molecule has 0 saturated carbocycles. The largest absolute Gasteiger partial charge is 0.449 e. The van der Waals surface area contributed by atoms with Crippen molar-refractivity contribution in [3.63, 3.8) is 0 Å². The molecule has 2 rings (SSSR count). The molecule has 0 spiro atoms. The van der Waals surface area contributed by atoms with Gasteiger partial charge in [0.05, 0.1) is 12.1 Å². The number of esters is 1. The Morgan fingerprint density at radius 2 is 2.04 bits per heavy atom. The van der Waals surface area contributed by atoms with Gasteiger partial charge < -0.3 is 14.2 Å². The molecule has 0 fully saturated rings. The predicted octanol–water partition coefficient (Wildman–Crippen LogP) is 2.85. The minimum Gasteiger partial charge on any atom is -0.449 e. The molecule has 0 aromatic carbocycles. The highest BCUT2D eigenvalue weighted by atomic mass is 32.1. The van der Waals surface area contributed by atoms with Gasteiger partial charge >= 0.3 is 5.97 Å². The maximum absolute atomic E-state index is 12.4. The van der Waals surface area contributed by atoms with Crippen LogP contribution in [0.5, 0.6) is 0 Å². The lowest BCUT2D eigenvalue weighted by Crippen LogP contribution is -2.35. The van der Waals surface area contributed by atoms with Gasteiger partial charge in [0.2, 0.25) is 0 Å². The van der Waals surface area contributed by atoms with Gasteiger partial charge in [-0.15, -0.1) is 11.3 Å². The molecule has 5 nitrogen and oxygen atoms in total. The van der Waals surface area contributed by atoms with Crippen LogP contribution in [-0.2, 0) is 16.1 Å². The molecule has 0 aliphatic carbocycles. The van der Waals surface area contributed by atoms with E-state index in [1.165, 1.54) is 9.78 Å². The monoisotopic (exact) mass is 334 g/mol. The van der Waals surface area contributed by atoms with Crippen molar-refractivity contribution in [1.82, 2.24) is 9.47 Å². The lowest BCUT2D eigenvalue weighted by atomic mass is 10.2. The lowest BCUT2D eigenvalue weighted by molar-refractivity contribution is -0.137. The first-order valence-corrected chi connectivity index (χ1v) is 8.30. The molecule has 0 radical (unpaired) electrons. The van der Waals surface area contributed by atoms with Gasteiger partial charge in [-0.3, -0.25) is 4.79 Å². The van der Waals surface area contributed by atoms with E-state index >= 15 is 0 Å². The van der Waals surface area contributed by atoms with Crippen molar-refractivity contribution in [1.29, 1.82) is 0 Å². The molecule has 0 unspecified atom stereocenters.